The Balaban J connectivity index is 0.000000557. The minimum absolute atomic E-state index is 0.319. The van der Waals surface area contributed by atoms with Gasteiger partial charge in [0.05, 0.1) is 0 Å². The normalized spacial score (nSPS) is 26.6. The first-order valence-electron chi connectivity index (χ1n) is 7.49. The summed E-state index contributed by atoms with van der Waals surface area (Å²) in [6.07, 6.45) is 9.38. The van der Waals surface area contributed by atoms with Crippen LogP contribution in [0.25, 0.3) is 0 Å². The lowest BCUT2D eigenvalue weighted by atomic mass is 9.82. The van der Waals surface area contributed by atoms with Crippen molar-refractivity contribution in [3.8, 4) is 0 Å². The maximum absolute atomic E-state index is 7.88. The molecule has 0 heterocycles. The van der Waals surface area contributed by atoms with Crippen LogP contribution in [0.1, 0.15) is 65.7 Å². The van der Waals surface area contributed by atoms with Gasteiger partial charge in [-0.2, -0.15) is 0 Å². The molecular weight excluding hydrogens is 210 g/mol. The SMILES string of the molecule is CCC(C)C1CCCCCC1NC.CCCO. The minimum Gasteiger partial charge on any atom is -0.396 e. The molecule has 0 spiro atoms. The number of rotatable bonds is 4. The van der Waals surface area contributed by atoms with Crippen LogP contribution in [0.2, 0.25) is 0 Å². The summed E-state index contributed by atoms with van der Waals surface area (Å²) in [4.78, 5) is 0. The molecule has 17 heavy (non-hydrogen) atoms. The van der Waals surface area contributed by atoms with E-state index in [1.807, 2.05) is 6.92 Å². The predicted octanol–water partition coefficient (Wildman–Crippen LogP) is 3.59. The van der Waals surface area contributed by atoms with Crippen molar-refractivity contribution in [3.05, 3.63) is 0 Å². The number of aliphatic hydroxyl groups excluding tert-OH is 1. The third kappa shape index (κ3) is 7.05. The highest BCUT2D eigenvalue weighted by atomic mass is 16.2. The van der Waals surface area contributed by atoms with Gasteiger partial charge in [0.1, 0.15) is 0 Å². The minimum atomic E-state index is 0.319. The highest BCUT2D eigenvalue weighted by Gasteiger charge is 2.25. The second-order valence-electron chi connectivity index (χ2n) is 5.31. The Morgan fingerprint density at radius 2 is 1.76 bits per heavy atom. The molecule has 0 aromatic heterocycles. The smallest absolute Gasteiger partial charge is 0.0428 e. The van der Waals surface area contributed by atoms with Crippen LogP contribution in [0.3, 0.4) is 0 Å². The molecular formula is C15H33NO. The quantitative estimate of drug-likeness (QED) is 0.740. The molecule has 1 aliphatic carbocycles. The van der Waals surface area contributed by atoms with Crippen LogP contribution < -0.4 is 5.32 Å². The van der Waals surface area contributed by atoms with E-state index in [9.17, 15) is 0 Å². The first-order chi connectivity index (χ1) is 8.21. The number of aliphatic hydroxyl groups is 1. The van der Waals surface area contributed by atoms with Crippen LogP contribution in [0.4, 0.5) is 0 Å². The van der Waals surface area contributed by atoms with Crippen LogP contribution in [-0.4, -0.2) is 24.8 Å². The van der Waals surface area contributed by atoms with Crippen LogP contribution in [-0.2, 0) is 0 Å². The lowest BCUT2D eigenvalue weighted by Crippen LogP contribution is -2.36. The second-order valence-corrected chi connectivity index (χ2v) is 5.31. The van der Waals surface area contributed by atoms with E-state index in [-0.39, 0.29) is 0 Å². The number of hydrogen-bond donors (Lipinski definition) is 2. The maximum atomic E-state index is 7.88. The van der Waals surface area contributed by atoms with Gasteiger partial charge in [0.15, 0.2) is 0 Å². The summed E-state index contributed by atoms with van der Waals surface area (Å²) in [6, 6.07) is 0.789. The molecule has 2 nitrogen and oxygen atoms in total. The molecule has 3 unspecified atom stereocenters. The summed E-state index contributed by atoms with van der Waals surface area (Å²) in [5.41, 5.74) is 0. The van der Waals surface area contributed by atoms with Gasteiger partial charge in [0, 0.05) is 12.6 Å². The number of nitrogens with one attached hydrogen (secondary N) is 1. The molecule has 2 N–H and O–H groups in total. The van der Waals surface area contributed by atoms with Crippen LogP contribution >= 0.6 is 0 Å². The zero-order chi connectivity index (χ0) is 13.1. The molecule has 0 aromatic rings. The van der Waals surface area contributed by atoms with Gasteiger partial charge in [-0.15, -0.1) is 0 Å². The van der Waals surface area contributed by atoms with E-state index in [0.717, 1.165) is 24.3 Å². The molecule has 3 atom stereocenters. The Morgan fingerprint density at radius 3 is 2.24 bits per heavy atom. The molecule has 1 rings (SSSR count). The summed E-state index contributed by atoms with van der Waals surface area (Å²) in [5.74, 6) is 1.83. The Bertz CT molecular complexity index is 159. The van der Waals surface area contributed by atoms with E-state index in [1.165, 1.54) is 38.5 Å². The van der Waals surface area contributed by atoms with Gasteiger partial charge < -0.3 is 10.4 Å². The van der Waals surface area contributed by atoms with Crippen molar-refractivity contribution in [2.45, 2.75) is 71.8 Å². The fraction of sp³-hybridized carbons (Fsp3) is 1.00. The summed E-state index contributed by atoms with van der Waals surface area (Å²) < 4.78 is 0. The van der Waals surface area contributed by atoms with Gasteiger partial charge in [0.25, 0.3) is 0 Å². The highest BCUT2D eigenvalue weighted by molar-refractivity contribution is 4.81. The van der Waals surface area contributed by atoms with Gasteiger partial charge >= 0.3 is 0 Å². The molecule has 0 amide bonds. The third-order valence-corrected chi connectivity index (χ3v) is 4.04. The summed E-state index contributed by atoms with van der Waals surface area (Å²) >= 11 is 0. The molecule has 1 aliphatic rings. The molecule has 1 saturated carbocycles. The van der Waals surface area contributed by atoms with Crippen molar-refractivity contribution in [3.63, 3.8) is 0 Å². The zero-order valence-corrected chi connectivity index (χ0v) is 12.3. The lowest BCUT2D eigenvalue weighted by molar-refractivity contribution is 0.251. The maximum Gasteiger partial charge on any atom is 0.0428 e. The van der Waals surface area contributed by atoms with Gasteiger partial charge in [-0.25, -0.2) is 0 Å². The monoisotopic (exact) mass is 243 g/mol. The fourth-order valence-corrected chi connectivity index (χ4v) is 2.68. The van der Waals surface area contributed by atoms with Crippen LogP contribution in [0.5, 0.6) is 0 Å². The lowest BCUT2D eigenvalue weighted by Gasteiger charge is -2.29. The Labute approximate surface area is 108 Å². The molecule has 1 fully saturated rings. The molecule has 0 radical (unpaired) electrons. The van der Waals surface area contributed by atoms with E-state index >= 15 is 0 Å². The van der Waals surface area contributed by atoms with E-state index in [0.29, 0.717) is 6.61 Å². The average Bonchev–Trinajstić information content (AvgIpc) is 2.63. The highest BCUT2D eigenvalue weighted by Crippen LogP contribution is 2.30. The summed E-state index contributed by atoms with van der Waals surface area (Å²) in [6.45, 7) is 6.99. The predicted molar refractivity (Wildman–Crippen MR) is 76.3 cm³/mol. The van der Waals surface area contributed by atoms with Crippen molar-refractivity contribution >= 4 is 0 Å². The fourth-order valence-electron chi connectivity index (χ4n) is 2.68. The Kier molecular flexibility index (Phi) is 11.0. The van der Waals surface area contributed by atoms with Crippen LogP contribution in [0, 0.1) is 11.8 Å². The van der Waals surface area contributed by atoms with Gasteiger partial charge in [-0.05, 0) is 38.1 Å². The Hall–Kier alpha value is -0.0800. The van der Waals surface area contributed by atoms with Crippen molar-refractivity contribution in [1.82, 2.24) is 5.32 Å². The van der Waals surface area contributed by atoms with E-state index in [4.69, 9.17) is 5.11 Å². The van der Waals surface area contributed by atoms with Crippen molar-refractivity contribution in [2.75, 3.05) is 13.7 Å². The van der Waals surface area contributed by atoms with Crippen molar-refractivity contribution in [1.29, 1.82) is 0 Å². The number of hydrogen-bond acceptors (Lipinski definition) is 2. The standard InChI is InChI=1S/C12H25N.C3H8O/c1-4-10(2)11-8-6-5-7-9-12(11)13-3;1-2-3-4/h10-13H,4-9H2,1-3H3;4H,2-3H2,1H3. The first-order valence-corrected chi connectivity index (χ1v) is 7.49. The summed E-state index contributed by atoms with van der Waals surface area (Å²) in [5, 5.41) is 11.4. The molecule has 0 aliphatic heterocycles. The molecule has 2 heteroatoms. The molecule has 0 bridgehead atoms. The Morgan fingerprint density at radius 1 is 1.18 bits per heavy atom. The average molecular weight is 243 g/mol. The second kappa shape index (κ2) is 11.0. The van der Waals surface area contributed by atoms with Gasteiger partial charge in [-0.1, -0.05) is 46.5 Å². The molecule has 0 aromatic carbocycles. The first kappa shape index (κ1) is 16.9. The van der Waals surface area contributed by atoms with E-state index in [1.54, 1.807) is 0 Å². The van der Waals surface area contributed by atoms with Gasteiger partial charge in [0.2, 0.25) is 0 Å². The topological polar surface area (TPSA) is 32.3 Å². The van der Waals surface area contributed by atoms with Crippen molar-refractivity contribution in [2.24, 2.45) is 11.8 Å². The largest absolute Gasteiger partial charge is 0.396 e. The van der Waals surface area contributed by atoms with Crippen LogP contribution in [0.15, 0.2) is 0 Å². The summed E-state index contributed by atoms with van der Waals surface area (Å²) in [7, 11) is 2.13. The third-order valence-electron chi connectivity index (χ3n) is 4.04. The zero-order valence-electron chi connectivity index (χ0n) is 12.3. The van der Waals surface area contributed by atoms with Crippen molar-refractivity contribution < 1.29 is 5.11 Å². The van der Waals surface area contributed by atoms with E-state index < -0.39 is 0 Å². The molecule has 104 valence electrons. The molecule has 0 saturated heterocycles. The van der Waals surface area contributed by atoms with Gasteiger partial charge in [-0.3, -0.25) is 0 Å². The van der Waals surface area contributed by atoms with E-state index in [2.05, 4.69) is 26.2 Å².